The molecule has 26 heavy (non-hydrogen) atoms. The van der Waals surface area contributed by atoms with Gasteiger partial charge < -0.3 is 4.74 Å². The molecular formula is C18H18F3NO3S. The minimum atomic E-state index is -4.50. The van der Waals surface area contributed by atoms with Crippen molar-refractivity contribution in [2.45, 2.75) is 30.2 Å². The molecule has 1 atom stereocenters. The summed E-state index contributed by atoms with van der Waals surface area (Å²) in [6.07, 6.45) is -4.22. The number of alkyl halides is 3. The van der Waals surface area contributed by atoms with Crippen LogP contribution in [0, 0.1) is 0 Å². The fraction of sp³-hybridized carbons (Fsp3) is 0.333. The van der Waals surface area contributed by atoms with Crippen molar-refractivity contribution in [2.75, 3.05) is 13.6 Å². The van der Waals surface area contributed by atoms with E-state index in [-0.39, 0.29) is 17.5 Å². The maximum absolute atomic E-state index is 12.6. The van der Waals surface area contributed by atoms with Crippen molar-refractivity contribution in [3.05, 3.63) is 65.2 Å². The highest BCUT2D eigenvalue weighted by Gasteiger charge is 2.32. The molecule has 140 valence electrons. The molecule has 1 aliphatic heterocycles. The third-order valence-electron chi connectivity index (χ3n) is 4.39. The van der Waals surface area contributed by atoms with Crippen molar-refractivity contribution in [3.8, 4) is 0 Å². The van der Waals surface area contributed by atoms with E-state index in [1.165, 1.54) is 7.05 Å². The summed E-state index contributed by atoms with van der Waals surface area (Å²) < 4.78 is 69.9. The third-order valence-corrected chi connectivity index (χ3v) is 6.23. The first-order chi connectivity index (χ1) is 12.2. The molecule has 0 amide bonds. The predicted octanol–water partition coefficient (Wildman–Crippen LogP) is 3.47. The van der Waals surface area contributed by atoms with Gasteiger partial charge in [-0.05, 0) is 35.4 Å². The van der Waals surface area contributed by atoms with Crippen LogP contribution in [0.4, 0.5) is 13.2 Å². The SMILES string of the molecule is CN(CC1Cc2ccccc2CO1)S(=O)(=O)c1ccc(C(F)(F)F)cc1. The van der Waals surface area contributed by atoms with Gasteiger partial charge in [0.1, 0.15) is 0 Å². The van der Waals surface area contributed by atoms with E-state index in [2.05, 4.69) is 0 Å². The molecule has 0 saturated heterocycles. The first-order valence-electron chi connectivity index (χ1n) is 8.00. The van der Waals surface area contributed by atoms with Gasteiger partial charge in [-0.25, -0.2) is 8.42 Å². The van der Waals surface area contributed by atoms with Crippen molar-refractivity contribution in [2.24, 2.45) is 0 Å². The van der Waals surface area contributed by atoms with Gasteiger partial charge in [0.15, 0.2) is 0 Å². The quantitative estimate of drug-likeness (QED) is 0.810. The third kappa shape index (κ3) is 3.92. The molecule has 0 fully saturated rings. The lowest BCUT2D eigenvalue weighted by Gasteiger charge is -2.28. The van der Waals surface area contributed by atoms with Crippen molar-refractivity contribution in [1.82, 2.24) is 4.31 Å². The van der Waals surface area contributed by atoms with Crippen molar-refractivity contribution >= 4 is 10.0 Å². The van der Waals surface area contributed by atoms with Gasteiger partial charge in [0.25, 0.3) is 0 Å². The summed E-state index contributed by atoms with van der Waals surface area (Å²) in [6.45, 7) is 0.534. The Balaban J connectivity index is 1.72. The van der Waals surface area contributed by atoms with Crippen LogP contribution in [0.25, 0.3) is 0 Å². The zero-order chi connectivity index (χ0) is 18.9. The fourth-order valence-electron chi connectivity index (χ4n) is 2.91. The van der Waals surface area contributed by atoms with Crippen LogP contribution in [-0.2, 0) is 34.0 Å². The number of hydrogen-bond donors (Lipinski definition) is 0. The van der Waals surface area contributed by atoms with Crippen molar-refractivity contribution in [1.29, 1.82) is 0 Å². The second-order valence-corrected chi connectivity index (χ2v) is 8.26. The molecule has 0 bridgehead atoms. The van der Waals surface area contributed by atoms with Crippen LogP contribution in [0.15, 0.2) is 53.4 Å². The van der Waals surface area contributed by atoms with Gasteiger partial charge >= 0.3 is 6.18 Å². The number of halogens is 3. The predicted molar refractivity (Wildman–Crippen MR) is 90.0 cm³/mol. The second kappa shape index (κ2) is 7.02. The molecule has 3 rings (SSSR count). The standard InChI is InChI=1S/C18H18F3NO3S/c1-22(11-16-10-13-4-2-3-5-14(13)12-25-16)26(23,24)17-8-6-15(7-9-17)18(19,20)21/h2-9,16H,10-12H2,1H3. The van der Waals surface area contributed by atoms with E-state index in [9.17, 15) is 21.6 Å². The minimum Gasteiger partial charge on any atom is -0.372 e. The Hall–Kier alpha value is -1.90. The monoisotopic (exact) mass is 385 g/mol. The number of fused-ring (bicyclic) bond motifs is 1. The molecule has 1 unspecified atom stereocenters. The Morgan fingerprint density at radius 2 is 1.69 bits per heavy atom. The molecule has 0 aromatic heterocycles. The zero-order valence-electron chi connectivity index (χ0n) is 14.0. The number of nitrogens with zero attached hydrogens (tertiary/aromatic N) is 1. The molecule has 0 spiro atoms. The summed E-state index contributed by atoms with van der Waals surface area (Å²) in [5.41, 5.74) is 1.31. The van der Waals surface area contributed by atoms with Crippen LogP contribution in [0.3, 0.4) is 0 Å². The lowest BCUT2D eigenvalue weighted by molar-refractivity contribution is -0.137. The minimum absolute atomic E-state index is 0.123. The molecule has 0 aliphatic carbocycles. The summed E-state index contributed by atoms with van der Waals surface area (Å²) in [5, 5.41) is 0. The average Bonchev–Trinajstić information content (AvgIpc) is 2.61. The van der Waals surface area contributed by atoms with Gasteiger partial charge in [0.05, 0.1) is 23.2 Å². The summed E-state index contributed by atoms with van der Waals surface area (Å²) in [6, 6.07) is 11.3. The fourth-order valence-corrected chi connectivity index (χ4v) is 4.11. The van der Waals surface area contributed by atoms with E-state index in [0.29, 0.717) is 13.0 Å². The Morgan fingerprint density at radius 1 is 1.08 bits per heavy atom. The zero-order valence-corrected chi connectivity index (χ0v) is 14.8. The van der Waals surface area contributed by atoms with E-state index in [1.807, 2.05) is 24.3 Å². The first kappa shape index (κ1) is 18.9. The summed E-state index contributed by atoms with van der Waals surface area (Å²) in [5.74, 6) is 0. The normalized spacial score (nSPS) is 18.0. The van der Waals surface area contributed by atoms with Gasteiger partial charge in [0.2, 0.25) is 10.0 Å². The first-order valence-corrected chi connectivity index (χ1v) is 9.44. The summed E-state index contributed by atoms with van der Waals surface area (Å²) in [4.78, 5) is -0.177. The van der Waals surface area contributed by atoms with Crippen molar-refractivity contribution < 1.29 is 26.3 Å². The lowest BCUT2D eigenvalue weighted by Crippen LogP contribution is -2.38. The van der Waals surface area contributed by atoms with Crippen LogP contribution in [0.2, 0.25) is 0 Å². The van der Waals surface area contributed by atoms with E-state index in [0.717, 1.165) is 39.7 Å². The van der Waals surface area contributed by atoms with E-state index >= 15 is 0 Å². The van der Waals surface area contributed by atoms with Gasteiger partial charge in [0, 0.05) is 20.0 Å². The molecule has 1 aliphatic rings. The van der Waals surface area contributed by atoms with Crippen molar-refractivity contribution in [3.63, 3.8) is 0 Å². The smallest absolute Gasteiger partial charge is 0.372 e. The Kier molecular flexibility index (Phi) is 5.09. The number of rotatable bonds is 4. The topological polar surface area (TPSA) is 46.6 Å². The highest BCUT2D eigenvalue weighted by atomic mass is 32.2. The molecule has 2 aromatic rings. The number of likely N-dealkylation sites (N-methyl/N-ethyl adjacent to an activating group) is 1. The number of ether oxygens (including phenoxy) is 1. The second-order valence-electron chi connectivity index (χ2n) is 6.21. The highest BCUT2D eigenvalue weighted by molar-refractivity contribution is 7.89. The van der Waals surface area contributed by atoms with Gasteiger partial charge in [-0.3, -0.25) is 0 Å². The van der Waals surface area contributed by atoms with E-state index in [4.69, 9.17) is 4.74 Å². The highest BCUT2D eigenvalue weighted by Crippen LogP contribution is 2.30. The maximum atomic E-state index is 12.6. The molecule has 0 radical (unpaired) electrons. The maximum Gasteiger partial charge on any atom is 0.416 e. The van der Waals surface area contributed by atoms with Crippen LogP contribution >= 0.6 is 0 Å². The van der Waals surface area contributed by atoms with Crippen LogP contribution in [-0.4, -0.2) is 32.4 Å². The molecule has 4 nitrogen and oxygen atoms in total. The van der Waals surface area contributed by atoms with E-state index in [1.54, 1.807) is 0 Å². The van der Waals surface area contributed by atoms with Crippen LogP contribution in [0.1, 0.15) is 16.7 Å². The van der Waals surface area contributed by atoms with E-state index < -0.39 is 21.8 Å². The Morgan fingerprint density at radius 3 is 2.31 bits per heavy atom. The molecule has 0 N–H and O–H groups in total. The summed E-state index contributed by atoms with van der Waals surface area (Å²) in [7, 11) is -2.49. The number of sulfonamides is 1. The Labute approximate surface area is 150 Å². The van der Waals surface area contributed by atoms with Crippen LogP contribution in [0.5, 0.6) is 0 Å². The average molecular weight is 385 g/mol. The Bertz CT molecular complexity index is 879. The van der Waals surface area contributed by atoms with Crippen LogP contribution < -0.4 is 0 Å². The number of benzene rings is 2. The molecule has 1 heterocycles. The largest absolute Gasteiger partial charge is 0.416 e. The molecule has 8 heteroatoms. The van der Waals surface area contributed by atoms with Gasteiger partial charge in [-0.15, -0.1) is 0 Å². The summed E-state index contributed by atoms with van der Waals surface area (Å²) >= 11 is 0. The molecule has 0 saturated carbocycles. The number of hydrogen-bond acceptors (Lipinski definition) is 3. The lowest BCUT2D eigenvalue weighted by atomic mass is 9.99. The van der Waals surface area contributed by atoms with Gasteiger partial charge in [-0.2, -0.15) is 17.5 Å². The van der Waals surface area contributed by atoms with Gasteiger partial charge in [-0.1, -0.05) is 24.3 Å². The molecule has 2 aromatic carbocycles. The molecular weight excluding hydrogens is 367 g/mol.